The van der Waals surface area contributed by atoms with Crippen LogP contribution in [0, 0.1) is 0 Å². The monoisotopic (exact) mass is 197 g/mol. The molecule has 5 heteroatoms. The highest BCUT2D eigenvalue weighted by Crippen LogP contribution is 2.46. The number of ether oxygens (including phenoxy) is 1. The van der Waals surface area contributed by atoms with E-state index in [1.54, 1.807) is 6.92 Å². The normalized spacial score (nSPS) is 34.4. The van der Waals surface area contributed by atoms with Gasteiger partial charge in [0.1, 0.15) is 5.54 Å². The molecule has 1 aliphatic rings. The second-order valence-electron chi connectivity index (χ2n) is 3.32. The van der Waals surface area contributed by atoms with E-state index < -0.39 is 11.7 Å². The van der Waals surface area contributed by atoms with Crippen LogP contribution in [0.5, 0.6) is 0 Å². The van der Waals surface area contributed by atoms with E-state index in [9.17, 15) is 13.2 Å². The van der Waals surface area contributed by atoms with Crippen LogP contribution in [-0.4, -0.2) is 31.5 Å². The lowest BCUT2D eigenvalue weighted by Gasteiger charge is -2.47. The highest BCUT2D eigenvalue weighted by atomic mass is 19.4. The fourth-order valence-electron chi connectivity index (χ4n) is 1.65. The number of hydrogen-bond acceptors (Lipinski definition) is 2. The van der Waals surface area contributed by atoms with Crippen LogP contribution in [-0.2, 0) is 4.74 Å². The molecular formula is C8H14F3NO. The van der Waals surface area contributed by atoms with Crippen molar-refractivity contribution in [2.75, 3.05) is 13.7 Å². The molecule has 2 nitrogen and oxygen atoms in total. The van der Waals surface area contributed by atoms with E-state index in [4.69, 9.17) is 4.74 Å². The van der Waals surface area contributed by atoms with Crippen molar-refractivity contribution in [2.24, 2.45) is 0 Å². The van der Waals surface area contributed by atoms with Crippen molar-refractivity contribution >= 4 is 0 Å². The third-order valence-electron chi connectivity index (χ3n) is 2.58. The van der Waals surface area contributed by atoms with Crippen molar-refractivity contribution in [1.29, 1.82) is 0 Å². The quantitative estimate of drug-likeness (QED) is 0.743. The lowest BCUT2D eigenvalue weighted by atomic mass is 9.73. The van der Waals surface area contributed by atoms with Gasteiger partial charge in [-0.1, -0.05) is 0 Å². The van der Waals surface area contributed by atoms with Gasteiger partial charge in [0.25, 0.3) is 0 Å². The molecule has 0 aromatic rings. The molecule has 1 saturated carbocycles. The Morgan fingerprint density at radius 2 is 2.00 bits per heavy atom. The summed E-state index contributed by atoms with van der Waals surface area (Å²) in [5.74, 6) is 0. The molecule has 0 radical (unpaired) electrons. The van der Waals surface area contributed by atoms with Gasteiger partial charge in [-0.3, -0.25) is 0 Å². The Labute approximate surface area is 75.4 Å². The van der Waals surface area contributed by atoms with Gasteiger partial charge in [-0.15, -0.1) is 0 Å². The van der Waals surface area contributed by atoms with Crippen molar-refractivity contribution in [2.45, 2.75) is 37.6 Å². The van der Waals surface area contributed by atoms with E-state index >= 15 is 0 Å². The Bertz CT molecular complexity index is 175. The van der Waals surface area contributed by atoms with Gasteiger partial charge in [-0.25, -0.2) is 0 Å². The maximum atomic E-state index is 12.5. The molecule has 1 aliphatic carbocycles. The Balaban J connectivity index is 2.50. The molecule has 0 spiro atoms. The number of halogens is 3. The first kappa shape index (κ1) is 10.8. The summed E-state index contributed by atoms with van der Waals surface area (Å²) in [6, 6.07) is 0. The van der Waals surface area contributed by atoms with Crippen LogP contribution in [0.25, 0.3) is 0 Å². The molecule has 0 aliphatic heterocycles. The molecule has 13 heavy (non-hydrogen) atoms. The third kappa shape index (κ3) is 1.81. The first-order valence-electron chi connectivity index (χ1n) is 4.32. The molecule has 0 aromatic heterocycles. The van der Waals surface area contributed by atoms with Gasteiger partial charge in [-0.05, 0) is 14.0 Å². The van der Waals surface area contributed by atoms with Crippen LogP contribution in [0.15, 0.2) is 0 Å². The summed E-state index contributed by atoms with van der Waals surface area (Å²) in [4.78, 5) is 0. The maximum absolute atomic E-state index is 12.5. The zero-order valence-corrected chi connectivity index (χ0v) is 7.74. The largest absolute Gasteiger partial charge is 0.406 e. The zero-order valence-electron chi connectivity index (χ0n) is 7.74. The topological polar surface area (TPSA) is 21.3 Å². The predicted octanol–water partition coefficient (Wildman–Crippen LogP) is 1.71. The molecule has 0 unspecified atom stereocenters. The molecule has 0 saturated heterocycles. The third-order valence-corrected chi connectivity index (χ3v) is 2.58. The van der Waals surface area contributed by atoms with E-state index in [2.05, 4.69) is 5.32 Å². The summed E-state index contributed by atoms with van der Waals surface area (Å²) in [6.45, 7) is 2.26. The van der Waals surface area contributed by atoms with Crippen LogP contribution in [0.1, 0.15) is 19.8 Å². The highest BCUT2D eigenvalue weighted by Gasteiger charge is 2.61. The molecule has 1 fully saturated rings. The van der Waals surface area contributed by atoms with Crippen LogP contribution < -0.4 is 5.32 Å². The Morgan fingerprint density at radius 3 is 2.31 bits per heavy atom. The Kier molecular flexibility index (Phi) is 2.87. The highest BCUT2D eigenvalue weighted by molar-refractivity contribution is 5.06. The minimum atomic E-state index is -4.17. The van der Waals surface area contributed by atoms with Crippen molar-refractivity contribution < 1.29 is 17.9 Å². The predicted molar refractivity (Wildman–Crippen MR) is 42.5 cm³/mol. The fourth-order valence-corrected chi connectivity index (χ4v) is 1.65. The summed E-state index contributed by atoms with van der Waals surface area (Å²) >= 11 is 0. The summed E-state index contributed by atoms with van der Waals surface area (Å²) in [5, 5.41) is 2.34. The molecule has 0 bridgehead atoms. The van der Waals surface area contributed by atoms with Gasteiger partial charge in [0, 0.05) is 19.4 Å². The first-order valence-corrected chi connectivity index (χ1v) is 4.32. The number of nitrogens with one attached hydrogen (secondary N) is 1. The zero-order chi connectivity index (χ0) is 10.1. The van der Waals surface area contributed by atoms with Crippen molar-refractivity contribution in [3.8, 4) is 0 Å². The molecule has 1 rings (SSSR count). The van der Waals surface area contributed by atoms with E-state index in [-0.39, 0.29) is 18.9 Å². The minimum Gasteiger partial charge on any atom is -0.378 e. The summed E-state index contributed by atoms with van der Waals surface area (Å²) < 4.78 is 42.4. The van der Waals surface area contributed by atoms with E-state index in [0.717, 1.165) is 0 Å². The second kappa shape index (κ2) is 3.46. The molecular weight excluding hydrogens is 183 g/mol. The van der Waals surface area contributed by atoms with Crippen molar-refractivity contribution in [3.63, 3.8) is 0 Å². The van der Waals surface area contributed by atoms with Crippen LogP contribution in [0.4, 0.5) is 13.2 Å². The van der Waals surface area contributed by atoms with Gasteiger partial charge in [0.15, 0.2) is 0 Å². The Morgan fingerprint density at radius 1 is 1.46 bits per heavy atom. The van der Waals surface area contributed by atoms with Crippen molar-refractivity contribution in [3.05, 3.63) is 0 Å². The van der Waals surface area contributed by atoms with Crippen LogP contribution in [0.2, 0.25) is 0 Å². The summed E-state index contributed by atoms with van der Waals surface area (Å²) in [6.07, 6.45) is -4.35. The molecule has 0 heterocycles. The van der Waals surface area contributed by atoms with Crippen LogP contribution in [0.3, 0.4) is 0 Å². The number of rotatable bonds is 3. The van der Waals surface area contributed by atoms with Gasteiger partial charge in [0.2, 0.25) is 0 Å². The number of alkyl halides is 3. The van der Waals surface area contributed by atoms with Gasteiger partial charge < -0.3 is 10.1 Å². The van der Waals surface area contributed by atoms with E-state index in [1.165, 1.54) is 7.05 Å². The summed E-state index contributed by atoms with van der Waals surface area (Å²) in [5.41, 5.74) is -1.70. The molecule has 78 valence electrons. The lowest BCUT2D eigenvalue weighted by molar-refractivity contribution is -0.243. The Hall–Kier alpha value is -0.290. The summed E-state index contributed by atoms with van der Waals surface area (Å²) in [7, 11) is 1.34. The lowest BCUT2D eigenvalue weighted by Crippen LogP contribution is -2.65. The van der Waals surface area contributed by atoms with E-state index in [0.29, 0.717) is 6.61 Å². The van der Waals surface area contributed by atoms with E-state index in [1.807, 2.05) is 0 Å². The smallest absolute Gasteiger partial charge is 0.378 e. The molecule has 0 atom stereocenters. The standard InChI is InChI=1S/C8H14F3NO/c1-3-13-6-4-7(5-6,12-2)8(9,10)11/h6,12H,3-5H2,1-2H3. The average Bonchev–Trinajstić information content (AvgIpc) is 1.93. The number of hydrogen-bond donors (Lipinski definition) is 1. The second-order valence-corrected chi connectivity index (χ2v) is 3.32. The van der Waals surface area contributed by atoms with Crippen molar-refractivity contribution in [1.82, 2.24) is 5.32 Å². The maximum Gasteiger partial charge on any atom is 0.406 e. The average molecular weight is 197 g/mol. The van der Waals surface area contributed by atoms with Crippen LogP contribution >= 0.6 is 0 Å². The molecule has 1 N–H and O–H groups in total. The van der Waals surface area contributed by atoms with Gasteiger partial charge >= 0.3 is 6.18 Å². The molecule has 0 amide bonds. The molecule has 0 aromatic carbocycles. The fraction of sp³-hybridized carbons (Fsp3) is 1.00. The SMILES string of the molecule is CCOC1CC(NC)(C(F)(F)F)C1. The van der Waals surface area contributed by atoms with Gasteiger partial charge in [0.05, 0.1) is 6.10 Å². The van der Waals surface area contributed by atoms with Gasteiger partial charge in [-0.2, -0.15) is 13.2 Å². The minimum absolute atomic E-state index is 0.0286. The first-order chi connectivity index (χ1) is 5.95.